The molecule has 0 unspecified atom stereocenters. The Kier molecular flexibility index (Phi) is 7.38. The number of carbonyl (C=O) groups is 1. The summed E-state index contributed by atoms with van der Waals surface area (Å²) in [5, 5.41) is 7.54. The van der Waals surface area contributed by atoms with Crippen LogP contribution in [0.25, 0.3) is 11.4 Å². The Labute approximate surface area is 175 Å². The summed E-state index contributed by atoms with van der Waals surface area (Å²) in [6.45, 7) is 1.53. The maximum absolute atomic E-state index is 12.1. The molecule has 0 spiro atoms. The molecule has 0 fully saturated rings. The van der Waals surface area contributed by atoms with Gasteiger partial charge in [0.1, 0.15) is 0 Å². The normalized spacial score (nSPS) is 11.0. The molecule has 0 saturated carbocycles. The number of aromatic nitrogens is 2. The Balaban J connectivity index is 1.43. The van der Waals surface area contributed by atoms with Crippen molar-refractivity contribution in [2.75, 3.05) is 20.6 Å². The average molecular weight is 413 g/mol. The molecule has 0 bridgehead atoms. The molecule has 6 nitrogen and oxygen atoms in total. The molecule has 1 heterocycles. The first kappa shape index (κ1) is 21.0. The molecule has 1 aromatic heterocycles. The van der Waals surface area contributed by atoms with Crippen molar-refractivity contribution in [1.29, 1.82) is 0 Å². The Morgan fingerprint density at radius 2 is 1.72 bits per heavy atom. The largest absolute Gasteiger partial charge is 0.352 e. The minimum absolute atomic E-state index is 0.0482. The summed E-state index contributed by atoms with van der Waals surface area (Å²) in [6, 6.07) is 15.5. The smallest absolute Gasteiger partial charge is 0.227 e. The topological polar surface area (TPSA) is 71.3 Å². The van der Waals surface area contributed by atoms with Crippen LogP contribution in [-0.4, -0.2) is 41.6 Å². The maximum Gasteiger partial charge on any atom is 0.227 e. The first-order valence-electron chi connectivity index (χ1n) is 9.57. The van der Waals surface area contributed by atoms with Crippen molar-refractivity contribution in [1.82, 2.24) is 20.4 Å². The van der Waals surface area contributed by atoms with Crippen molar-refractivity contribution < 1.29 is 9.32 Å². The van der Waals surface area contributed by atoms with Gasteiger partial charge in [-0.25, -0.2) is 0 Å². The molecule has 1 N–H and O–H groups in total. The zero-order valence-electron chi connectivity index (χ0n) is 16.7. The first-order valence-corrected chi connectivity index (χ1v) is 9.95. The predicted octanol–water partition coefficient (Wildman–Crippen LogP) is 3.74. The first-order chi connectivity index (χ1) is 14.0. The van der Waals surface area contributed by atoms with Gasteiger partial charge < -0.3 is 14.7 Å². The minimum atomic E-state index is -0.0482. The highest BCUT2D eigenvalue weighted by molar-refractivity contribution is 6.30. The van der Waals surface area contributed by atoms with Gasteiger partial charge in [-0.2, -0.15) is 4.98 Å². The third-order valence-electron chi connectivity index (χ3n) is 4.50. The third kappa shape index (κ3) is 6.69. The van der Waals surface area contributed by atoms with Crippen LogP contribution in [0.3, 0.4) is 0 Å². The molecule has 3 rings (SSSR count). The highest BCUT2D eigenvalue weighted by Crippen LogP contribution is 2.19. The van der Waals surface area contributed by atoms with E-state index in [2.05, 4.69) is 58.7 Å². The third-order valence-corrected chi connectivity index (χ3v) is 4.75. The van der Waals surface area contributed by atoms with Crippen molar-refractivity contribution in [2.45, 2.75) is 25.8 Å². The van der Waals surface area contributed by atoms with Crippen LogP contribution in [0.15, 0.2) is 53.1 Å². The lowest BCUT2D eigenvalue weighted by Gasteiger charge is -2.10. The molecule has 0 aliphatic carbocycles. The van der Waals surface area contributed by atoms with Gasteiger partial charge in [0.2, 0.25) is 17.6 Å². The van der Waals surface area contributed by atoms with E-state index in [0.29, 0.717) is 36.1 Å². The fourth-order valence-corrected chi connectivity index (χ4v) is 2.88. The summed E-state index contributed by atoms with van der Waals surface area (Å²) >= 11 is 5.89. The van der Waals surface area contributed by atoms with E-state index in [0.717, 1.165) is 24.1 Å². The molecule has 0 aliphatic rings. The van der Waals surface area contributed by atoms with E-state index in [-0.39, 0.29) is 5.91 Å². The van der Waals surface area contributed by atoms with E-state index in [4.69, 9.17) is 16.1 Å². The van der Waals surface area contributed by atoms with Crippen LogP contribution < -0.4 is 5.32 Å². The van der Waals surface area contributed by atoms with E-state index < -0.39 is 0 Å². The SMILES string of the molecule is CN(C)CCc1ccc(CNC(=O)CCc2nc(-c3ccc(Cl)cc3)no2)cc1. The van der Waals surface area contributed by atoms with Crippen LogP contribution in [0.5, 0.6) is 0 Å². The number of amides is 1. The quantitative estimate of drug-likeness (QED) is 0.579. The van der Waals surface area contributed by atoms with E-state index in [1.807, 2.05) is 12.1 Å². The summed E-state index contributed by atoms with van der Waals surface area (Å²) < 4.78 is 5.24. The number of benzene rings is 2. The van der Waals surface area contributed by atoms with Crippen molar-refractivity contribution in [3.05, 3.63) is 70.6 Å². The van der Waals surface area contributed by atoms with Crippen LogP contribution in [0.1, 0.15) is 23.4 Å². The van der Waals surface area contributed by atoms with Gasteiger partial charge >= 0.3 is 0 Å². The number of hydrogen-bond acceptors (Lipinski definition) is 5. The molecule has 0 radical (unpaired) electrons. The lowest BCUT2D eigenvalue weighted by atomic mass is 10.1. The molecule has 29 heavy (non-hydrogen) atoms. The monoisotopic (exact) mass is 412 g/mol. The second-order valence-corrected chi connectivity index (χ2v) is 7.60. The number of rotatable bonds is 9. The van der Waals surface area contributed by atoms with Gasteiger partial charge in [-0.3, -0.25) is 4.79 Å². The van der Waals surface area contributed by atoms with Gasteiger partial charge in [0.05, 0.1) is 0 Å². The molecule has 3 aromatic rings. The zero-order valence-corrected chi connectivity index (χ0v) is 17.4. The van der Waals surface area contributed by atoms with Gasteiger partial charge in [-0.05, 0) is 55.9 Å². The number of aryl methyl sites for hydroxylation is 1. The molecule has 1 amide bonds. The van der Waals surface area contributed by atoms with Crippen molar-refractivity contribution in [3.8, 4) is 11.4 Å². The van der Waals surface area contributed by atoms with Gasteiger partial charge in [0.25, 0.3) is 0 Å². The highest BCUT2D eigenvalue weighted by atomic mass is 35.5. The van der Waals surface area contributed by atoms with E-state index in [1.54, 1.807) is 12.1 Å². The molecular weight excluding hydrogens is 388 g/mol. The second kappa shape index (κ2) is 10.2. The lowest BCUT2D eigenvalue weighted by Crippen LogP contribution is -2.23. The van der Waals surface area contributed by atoms with Crippen molar-refractivity contribution >= 4 is 17.5 Å². The Bertz CT molecular complexity index is 921. The maximum atomic E-state index is 12.1. The summed E-state index contributed by atoms with van der Waals surface area (Å²) in [7, 11) is 4.13. The summed E-state index contributed by atoms with van der Waals surface area (Å²) in [5.74, 6) is 0.884. The van der Waals surface area contributed by atoms with Crippen LogP contribution in [0.2, 0.25) is 5.02 Å². The number of likely N-dealkylation sites (N-methyl/N-ethyl adjacent to an activating group) is 1. The molecule has 0 aliphatic heterocycles. The van der Waals surface area contributed by atoms with E-state index in [9.17, 15) is 4.79 Å². The summed E-state index contributed by atoms with van der Waals surface area (Å²) in [4.78, 5) is 18.6. The number of carbonyl (C=O) groups excluding carboxylic acids is 1. The van der Waals surface area contributed by atoms with Crippen molar-refractivity contribution in [2.24, 2.45) is 0 Å². The van der Waals surface area contributed by atoms with Gasteiger partial charge in [-0.15, -0.1) is 0 Å². The van der Waals surface area contributed by atoms with E-state index >= 15 is 0 Å². The molecule has 152 valence electrons. The summed E-state index contributed by atoms with van der Waals surface area (Å²) in [5.41, 5.74) is 3.19. The van der Waals surface area contributed by atoms with Crippen molar-refractivity contribution in [3.63, 3.8) is 0 Å². The molecular formula is C22H25ClN4O2. The average Bonchev–Trinajstić information content (AvgIpc) is 3.19. The van der Waals surface area contributed by atoms with Gasteiger partial charge in [0, 0.05) is 36.5 Å². The fourth-order valence-electron chi connectivity index (χ4n) is 2.76. The lowest BCUT2D eigenvalue weighted by molar-refractivity contribution is -0.121. The Morgan fingerprint density at radius 1 is 1.03 bits per heavy atom. The highest BCUT2D eigenvalue weighted by Gasteiger charge is 2.11. The molecule has 2 aromatic carbocycles. The van der Waals surface area contributed by atoms with E-state index in [1.165, 1.54) is 5.56 Å². The molecule has 0 atom stereocenters. The van der Waals surface area contributed by atoms with Crippen LogP contribution in [0.4, 0.5) is 0 Å². The minimum Gasteiger partial charge on any atom is -0.352 e. The molecule has 0 saturated heterocycles. The number of nitrogens with zero attached hydrogens (tertiary/aromatic N) is 3. The van der Waals surface area contributed by atoms with Crippen LogP contribution in [-0.2, 0) is 24.2 Å². The fraction of sp³-hybridized carbons (Fsp3) is 0.318. The molecule has 7 heteroatoms. The van der Waals surface area contributed by atoms with Gasteiger partial charge in [0.15, 0.2) is 0 Å². The van der Waals surface area contributed by atoms with Crippen LogP contribution >= 0.6 is 11.6 Å². The Hall–Kier alpha value is -2.70. The Morgan fingerprint density at radius 3 is 2.41 bits per heavy atom. The number of nitrogens with one attached hydrogen (secondary N) is 1. The second-order valence-electron chi connectivity index (χ2n) is 7.17. The standard InChI is InChI=1S/C22H25ClN4O2/c1-27(2)14-13-16-3-5-17(6-4-16)15-24-20(28)11-12-21-25-22(26-29-21)18-7-9-19(23)10-8-18/h3-10H,11-15H2,1-2H3,(H,24,28). The number of hydrogen-bond donors (Lipinski definition) is 1. The van der Waals surface area contributed by atoms with Gasteiger partial charge in [-0.1, -0.05) is 41.0 Å². The predicted molar refractivity (Wildman–Crippen MR) is 114 cm³/mol. The number of halogens is 1. The van der Waals surface area contributed by atoms with Crippen LogP contribution in [0, 0.1) is 0 Å². The summed E-state index contributed by atoms with van der Waals surface area (Å²) in [6.07, 6.45) is 1.71. The zero-order chi connectivity index (χ0) is 20.6.